The van der Waals surface area contributed by atoms with Crippen molar-refractivity contribution in [3.63, 3.8) is 0 Å². The van der Waals surface area contributed by atoms with Gasteiger partial charge in [0.25, 0.3) is 0 Å². The Morgan fingerprint density at radius 3 is 2.88 bits per heavy atom. The van der Waals surface area contributed by atoms with Gasteiger partial charge in [0, 0.05) is 5.92 Å². The molecule has 1 aromatic rings. The van der Waals surface area contributed by atoms with Gasteiger partial charge in [0.15, 0.2) is 0 Å². The summed E-state index contributed by atoms with van der Waals surface area (Å²) in [5.74, 6) is 0.831. The van der Waals surface area contributed by atoms with Crippen molar-refractivity contribution in [3.05, 3.63) is 35.9 Å². The smallest absolute Gasteiger partial charge is 0.123 e. The van der Waals surface area contributed by atoms with Crippen LogP contribution in [0.2, 0.25) is 0 Å². The van der Waals surface area contributed by atoms with E-state index in [0.29, 0.717) is 5.92 Å². The molecule has 92 valence electrons. The van der Waals surface area contributed by atoms with Crippen molar-refractivity contribution in [2.45, 2.75) is 25.7 Å². The molecule has 1 N–H and O–H groups in total. The Labute approximate surface area is 103 Å². The Kier molecular flexibility index (Phi) is 4.75. The summed E-state index contributed by atoms with van der Waals surface area (Å²) in [7, 11) is 0. The zero-order chi connectivity index (χ0) is 11.9. The van der Waals surface area contributed by atoms with Gasteiger partial charge < -0.3 is 10.1 Å². The molecule has 0 amide bonds. The Bertz CT molecular complexity index is 336. The fraction of sp³-hybridized carbons (Fsp3) is 0.533. The first-order valence-electron chi connectivity index (χ1n) is 6.60. The molecular formula is C15H21NO. The molecule has 1 heterocycles. The summed E-state index contributed by atoms with van der Waals surface area (Å²) in [5, 5.41) is 3.39. The maximum absolute atomic E-state index is 11.0. The number of carbonyl (C=O) groups excluding carboxylic acids is 1. The van der Waals surface area contributed by atoms with Crippen LogP contribution < -0.4 is 5.32 Å². The van der Waals surface area contributed by atoms with Gasteiger partial charge in [0.1, 0.15) is 6.29 Å². The third-order valence-corrected chi connectivity index (χ3v) is 3.72. The fourth-order valence-corrected chi connectivity index (χ4v) is 2.65. The van der Waals surface area contributed by atoms with Crippen LogP contribution in [0.1, 0.15) is 24.8 Å². The monoisotopic (exact) mass is 231 g/mol. The van der Waals surface area contributed by atoms with Crippen molar-refractivity contribution in [1.29, 1.82) is 0 Å². The number of piperidine rings is 1. The van der Waals surface area contributed by atoms with Gasteiger partial charge in [-0.15, -0.1) is 0 Å². The molecule has 17 heavy (non-hydrogen) atoms. The van der Waals surface area contributed by atoms with E-state index in [4.69, 9.17) is 0 Å². The highest BCUT2D eigenvalue weighted by Crippen LogP contribution is 2.22. The highest BCUT2D eigenvalue weighted by Gasteiger charge is 2.23. The van der Waals surface area contributed by atoms with Crippen LogP contribution in [0.4, 0.5) is 0 Å². The molecule has 1 aliphatic rings. The van der Waals surface area contributed by atoms with Gasteiger partial charge in [0.05, 0.1) is 0 Å². The second-order valence-electron chi connectivity index (χ2n) is 4.93. The minimum absolute atomic E-state index is 0.284. The highest BCUT2D eigenvalue weighted by molar-refractivity contribution is 5.54. The Balaban J connectivity index is 1.75. The maximum Gasteiger partial charge on any atom is 0.123 e. The molecule has 0 spiro atoms. The van der Waals surface area contributed by atoms with E-state index in [9.17, 15) is 4.79 Å². The van der Waals surface area contributed by atoms with Crippen molar-refractivity contribution in [2.75, 3.05) is 13.1 Å². The number of aldehydes is 1. The molecular weight excluding hydrogens is 210 g/mol. The SMILES string of the molecule is O=CC1CCNCC1CCCc1ccccc1. The zero-order valence-electron chi connectivity index (χ0n) is 10.3. The average Bonchev–Trinajstić information content (AvgIpc) is 2.40. The number of carbonyl (C=O) groups is 1. The standard InChI is InChI=1S/C15H21NO/c17-12-15-9-10-16-11-14(15)8-4-7-13-5-2-1-3-6-13/h1-3,5-6,12,14-16H,4,7-11H2. The van der Waals surface area contributed by atoms with Gasteiger partial charge in [-0.3, -0.25) is 0 Å². The van der Waals surface area contributed by atoms with Crippen molar-refractivity contribution >= 4 is 6.29 Å². The molecule has 2 atom stereocenters. The zero-order valence-corrected chi connectivity index (χ0v) is 10.3. The lowest BCUT2D eigenvalue weighted by Gasteiger charge is -2.28. The molecule has 1 fully saturated rings. The first-order chi connectivity index (χ1) is 8.40. The van der Waals surface area contributed by atoms with Crippen LogP contribution in [0, 0.1) is 11.8 Å². The predicted molar refractivity (Wildman–Crippen MR) is 69.9 cm³/mol. The second kappa shape index (κ2) is 6.55. The molecule has 1 saturated heterocycles. The third kappa shape index (κ3) is 3.67. The van der Waals surface area contributed by atoms with Gasteiger partial charge in [-0.05, 0) is 50.3 Å². The number of rotatable bonds is 5. The van der Waals surface area contributed by atoms with Crippen LogP contribution in [0.3, 0.4) is 0 Å². The quantitative estimate of drug-likeness (QED) is 0.789. The minimum Gasteiger partial charge on any atom is -0.316 e. The fourth-order valence-electron chi connectivity index (χ4n) is 2.65. The number of nitrogens with one attached hydrogen (secondary N) is 1. The molecule has 2 heteroatoms. The minimum atomic E-state index is 0.284. The van der Waals surface area contributed by atoms with Gasteiger partial charge in [-0.1, -0.05) is 30.3 Å². The van der Waals surface area contributed by atoms with E-state index in [1.54, 1.807) is 0 Å². The van der Waals surface area contributed by atoms with Crippen molar-refractivity contribution in [3.8, 4) is 0 Å². The lowest BCUT2D eigenvalue weighted by atomic mass is 9.84. The summed E-state index contributed by atoms with van der Waals surface area (Å²) in [5.41, 5.74) is 1.40. The van der Waals surface area contributed by atoms with Gasteiger partial charge in [0.2, 0.25) is 0 Å². The summed E-state index contributed by atoms with van der Waals surface area (Å²) < 4.78 is 0. The summed E-state index contributed by atoms with van der Waals surface area (Å²) in [6.45, 7) is 2.01. The molecule has 0 bridgehead atoms. The van der Waals surface area contributed by atoms with Crippen LogP contribution in [-0.2, 0) is 11.2 Å². The summed E-state index contributed by atoms with van der Waals surface area (Å²) >= 11 is 0. The Morgan fingerprint density at radius 1 is 1.29 bits per heavy atom. The average molecular weight is 231 g/mol. The predicted octanol–water partition coefficient (Wildman–Crippen LogP) is 2.43. The van der Waals surface area contributed by atoms with E-state index < -0.39 is 0 Å². The topological polar surface area (TPSA) is 29.1 Å². The van der Waals surface area contributed by atoms with Crippen LogP contribution in [0.5, 0.6) is 0 Å². The van der Waals surface area contributed by atoms with Crippen LogP contribution >= 0.6 is 0 Å². The number of hydrogen-bond donors (Lipinski definition) is 1. The molecule has 0 radical (unpaired) electrons. The van der Waals surface area contributed by atoms with E-state index in [2.05, 4.69) is 35.6 Å². The van der Waals surface area contributed by atoms with E-state index in [-0.39, 0.29) is 5.92 Å². The number of benzene rings is 1. The van der Waals surface area contributed by atoms with Crippen molar-refractivity contribution in [1.82, 2.24) is 5.32 Å². The summed E-state index contributed by atoms with van der Waals surface area (Å²) in [4.78, 5) is 11.0. The molecule has 0 aromatic heterocycles. The van der Waals surface area contributed by atoms with E-state index in [1.807, 2.05) is 0 Å². The first-order valence-corrected chi connectivity index (χ1v) is 6.60. The highest BCUT2D eigenvalue weighted by atomic mass is 16.1. The molecule has 2 rings (SSSR count). The number of hydrogen-bond acceptors (Lipinski definition) is 2. The molecule has 1 aliphatic heterocycles. The van der Waals surface area contributed by atoms with Crippen LogP contribution in [-0.4, -0.2) is 19.4 Å². The molecule has 0 aliphatic carbocycles. The van der Waals surface area contributed by atoms with E-state index in [0.717, 1.165) is 38.6 Å². The van der Waals surface area contributed by atoms with Crippen LogP contribution in [0.15, 0.2) is 30.3 Å². The molecule has 1 aromatic carbocycles. The lowest BCUT2D eigenvalue weighted by Crippen LogP contribution is -2.37. The Morgan fingerprint density at radius 2 is 2.12 bits per heavy atom. The molecule has 2 nitrogen and oxygen atoms in total. The summed E-state index contributed by atoms with van der Waals surface area (Å²) in [6, 6.07) is 10.6. The van der Waals surface area contributed by atoms with E-state index in [1.165, 1.54) is 12.0 Å². The maximum atomic E-state index is 11.0. The largest absolute Gasteiger partial charge is 0.316 e. The summed E-state index contributed by atoms with van der Waals surface area (Å²) in [6.07, 6.45) is 5.64. The van der Waals surface area contributed by atoms with Crippen LogP contribution in [0.25, 0.3) is 0 Å². The molecule has 0 saturated carbocycles. The van der Waals surface area contributed by atoms with E-state index >= 15 is 0 Å². The first kappa shape index (κ1) is 12.3. The van der Waals surface area contributed by atoms with Crippen molar-refractivity contribution in [2.24, 2.45) is 11.8 Å². The second-order valence-corrected chi connectivity index (χ2v) is 4.93. The lowest BCUT2D eigenvalue weighted by molar-refractivity contribution is -0.113. The van der Waals surface area contributed by atoms with Crippen molar-refractivity contribution < 1.29 is 4.79 Å². The normalized spacial score (nSPS) is 24.5. The van der Waals surface area contributed by atoms with Gasteiger partial charge in [-0.25, -0.2) is 0 Å². The molecule has 2 unspecified atom stereocenters. The van der Waals surface area contributed by atoms with Gasteiger partial charge in [-0.2, -0.15) is 0 Å². The Hall–Kier alpha value is -1.15. The third-order valence-electron chi connectivity index (χ3n) is 3.72. The van der Waals surface area contributed by atoms with Gasteiger partial charge >= 0.3 is 0 Å². The number of aryl methyl sites for hydroxylation is 1.